The molecule has 0 radical (unpaired) electrons. The smallest absolute Gasteiger partial charge is 0.293 e. The highest BCUT2D eigenvalue weighted by molar-refractivity contribution is 6.31. The lowest BCUT2D eigenvalue weighted by molar-refractivity contribution is 0.0991. The van der Waals surface area contributed by atoms with Gasteiger partial charge in [0.15, 0.2) is 5.76 Å². The van der Waals surface area contributed by atoms with Gasteiger partial charge in [-0.15, -0.1) is 5.10 Å². The van der Waals surface area contributed by atoms with Gasteiger partial charge in [-0.05, 0) is 55.3 Å². The number of anilines is 1. The van der Waals surface area contributed by atoms with E-state index < -0.39 is 5.91 Å². The van der Waals surface area contributed by atoms with E-state index in [-0.39, 0.29) is 18.3 Å². The number of hydrogen-bond acceptors (Lipinski definition) is 5. The van der Waals surface area contributed by atoms with E-state index >= 15 is 0 Å². The van der Waals surface area contributed by atoms with Crippen LogP contribution in [0.1, 0.15) is 33.0 Å². The number of halogens is 1. The van der Waals surface area contributed by atoms with E-state index in [0.717, 1.165) is 11.1 Å². The van der Waals surface area contributed by atoms with Crippen molar-refractivity contribution >= 4 is 23.5 Å². The van der Waals surface area contributed by atoms with Gasteiger partial charge >= 0.3 is 0 Å². The van der Waals surface area contributed by atoms with Gasteiger partial charge in [0.1, 0.15) is 24.4 Å². The third-order valence-electron chi connectivity index (χ3n) is 4.62. The quantitative estimate of drug-likeness (QED) is 0.439. The van der Waals surface area contributed by atoms with Crippen molar-refractivity contribution in [2.45, 2.75) is 27.0 Å². The predicted molar refractivity (Wildman–Crippen MR) is 117 cm³/mol. The molecule has 1 amide bonds. The molecule has 8 heteroatoms. The molecule has 0 aliphatic heterocycles. The first-order chi connectivity index (χ1) is 15.0. The Morgan fingerprint density at radius 3 is 2.71 bits per heavy atom. The summed E-state index contributed by atoms with van der Waals surface area (Å²) in [6.45, 7) is 4.70. The zero-order valence-electron chi connectivity index (χ0n) is 17.1. The summed E-state index contributed by atoms with van der Waals surface area (Å²) in [5.41, 5.74) is 3.22. The van der Waals surface area contributed by atoms with E-state index in [0.29, 0.717) is 23.1 Å². The molecule has 31 heavy (non-hydrogen) atoms. The molecule has 0 unspecified atom stereocenters. The zero-order chi connectivity index (χ0) is 21.8. The Bertz CT molecular complexity index is 1200. The molecule has 1 N–H and O–H groups in total. The molecule has 2 aromatic carbocycles. The summed E-state index contributed by atoms with van der Waals surface area (Å²) in [6.07, 6.45) is 1.57. The van der Waals surface area contributed by atoms with Crippen molar-refractivity contribution in [2.24, 2.45) is 0 Å². The highest BCUT2D eigenvalue weighted by Gasteiger charge is 2.14. The number of ether oxygens (including phenoxy) is 1. The molecule has 0 bridgehead atoms. The summed E-state index contributed by atoms with van der Waals surface area (Å²) in [6, 6.07) is 16.8. The van der Waals surface area contributed by atoms with Crippen molar-refractivity contribution in [3.63, 3.8) is 0 Å². The summed E-state index contributed by atoms with van der Waals surface area (Å²) in [5, 5.41) is 7.61. The van der Waals surface area contributed by atoms with Crippen LogP contribution in [-0.4, -0.2) is 20.7 Å². The monoisotopic (exact) mass is 436 g/mol. The van der Waals surface area contributed by atoms with E-state index in [9.17, 15) is 4.79 Å². The van der Waals surface area contributed by atoms with Crippen LogP contribution >= 0.6 is 11.6 Å². The number of carbonyl (C=O) groups excluding carboxylic acids is 1. The van der Waals surface area contributed by atoms with E-state index in [1.807, 2.05) is 44.2 Å². The third kappa shape index (κ3) is 5.32. The highest BCUT2D eigenvalue weighted by atomic mass is 35.5. The molecule has 0 aliphatic rings. The SMILES string of the molecule is Cc1ccc(Cn2cnc(NC(=O)c3ccc(COc4ccc(Cl)c(C)c4)o3)n2)cc1. The molecule has 0 aliphatic carbocycles. The molecule has 2 heterocycles. The van der Waals surface area contributed by atoms with Gasteiger partial charge in [-0.1, -0.05) is 41.4 Å². The number of carbonyl (C=O) groups is 1. The van der Waals surface area contributed by atoms with Gasteiger partial charge in [-0.2, -0.15) is 0 Å². The Balaban J connectivity index is 1.33. The predicted octanol–water partition coefficient (Wildman–Crippen LogP) is 5.02. The maximum atomic E-state index is 12.4. The Labute approximate surface area is 184 Å². The van der Waals surface area contributed by atoms with Crippen molar-refractivity contribution in [1.82, 2.24) is 14.8 Å². The Morgan fingerprint density at radius 1 is 1.13 bits per heavy atom. The van der Waals surface area contributed by atoms with Crippen molar-refractivity contribution in [3.8, 4) is 5.75 Å². The minimum Gasteiger partial charge on any atom is -0.486 e. The van der Waals surface area contributed by atoms with Crippen LogP contribution in [0.2, 0.25) is 5.02 Å². The van der Waals surface area contributed by atoms with Crippen LogP contribution in [0.4, 0.5) is 5.95 Å². The number of benzene rings is 2. The molecule has 4 aromatic rings. The minimum absolute atomic E-state index is 0.153. The normalized spacial score (nSPS) is 10.8. The van der Waals surface area contributed by atoms with Crippen LogP contribution in [0.5, 0.6) is 5.75 Å². The minimum atomic E-state index is -0.429. The molecule has 0 atom stereocenters. The van der Waals surface area contributed by atoms with E-state index in [1.165, 1.54) is 5.56 Å². The lowest BCUT2D eigenvalue weighted by Crippen LogP contribution is -2.12. The van der Waals surface area contributed by atoms with Crippen LogP contribution in [0.15, 0.2) is 65.3 Å². The standard InChI is InChI=1S/C23H21ClN4O3/c1-15-3-5-17(6-4-15)12-28-14-25-23(27-28)26-22(29)21-10-8-19(31-21)13-30-18-7-9-20(24)16(2)11-18/h3-11,14H,12-13H2,1-2H3,(H,26,27,29). The van der Waals surface area contributed by atoms with Gasteiger partial charge in [-0.3, -0.25) is 10.1 Å². The lowest BCUT2D eigenvalue weighted by atomic mass is 10.1. The molecule has 2 aromatic heterocycles. The maximum Gasteiger partial charge on any atom is 0.293 e. The van der Waals surface area contributed by atoms with Gasteiger partial charge in [-0.25, -0.2) is 9.67 Å². The number of nitrogens with zero attached hydrogens (tertiary/aromatic N) is 3. The van der Waals surface area contributed by atoms with Crippen LogP contribution in [0, 0.1) is 13.8 Å². The molecular weight excluding hydrogens is 416 g/mol. The summed E-state index contributed by atoms with van der Waals surface area (Å²) < 4.78 is 12.9. The van der Waals surface area contributed by atoms with Crippen LogP contribution < -0.4 is 10.1 Å². The van der Waals surface area contributed by atoms with Crippen molar-refractivity contribution in [1.29, 1.82) is 0 Å². The fraction of sp³-hybridized carbons (Fsp3) is 0.174. The summed E-state index contributed by atoms with van der Waals surface area (Å²) >= 11 is 6.02. The second-order valence-corrected chi connectivity index (χ2v) is 7.58. The van der Waals surface area contributed by atoms with Gasteiger partial charge in [0, 0.05) is 5.02 Å². The van der Waals surface area contributed by atoms with Crippen molar-refractivity contribution in [2.75, 3.05) is 5.32 Å². The van der Waals surface area contributed by atoms with Gasteiger partial charge in [0.05, 0.1) is 6.54 Å². The van der Waals surface area contributed by atoms with Crippen molar-refractivity contribution < 1.29 is 13.9 Å². The van der Waals surface area contributed by atoms with Crippen LogP contribution in [0.3, 0.4) is 0 Å². The first-order valence-electron chi connectivity index (χ1n) is 9.70. The van der Waals surface area contributed by atoms with E-state index in [2.05, 4.69) is 15.4 Å². The van der Waals surface area contributed by atoms with E-state index in [1.54, 1.807) is 35.3 Å². The van der Waals surface area contributed by atoms with E-state index in [4.69, 9.17) is 20.8 Å². The molecular formula is C23H21ClN4O3. The zero-order valence-corrected chi connectivity index (χ0v) is 17.9. The summed E-state index contributed by atoms with van der Waals surface area (Å²) in [4.78, 5) is 16.6. The average Bonchev–Trinajstić information content (AvgIpc) is 3.40. The first kappa shape index (κ1) is 20.7. The Hall–Kier alpha value is -3.58. The third-order valence-corrected chi connectivity index (χ3v) is 5.05. The number of amides is 1. The number of hydrogen-bond donors (Lipinski definition) is 1. The van der Waals surface area contributed by atoms with Gasteiger partial charge < -0.3 is 9.15 Å². The second-order valence-electron chi connectivity index (χ2n) is 7.17. The average molecular weight is 437 g/mol. The molecule has 158 valence electrons. The number of furan rings is 1. The molecule has 0 saturated carbocycles. The maximum absolute atomic E-state index is 12.4. The van der Waals surface area contributed by atoms with Crippen LogP contribution in [-0.2, 0) is 13.2 Å². The molecule has 4 rings (SSSR count). The number of aromatic nitrogens is 3. The highest BCUT2D eigenvalue weighted by Crippen LogP contribution is 2.22. The molecule has 0 saturated heterocycles. The number of nitrogens with one attached hydrogen (secondary N) is 1. The fourth-order valence-corrected chi connectivity index (χ4v) is 3.03. The number of rotatable bonds is 7. The molecule has 0 fully saturated rings. The Kier molecular flexibility index (Phi) is 6.04. The lowest BCUT2D eigenvalue weighted by Gasteiger charge is -2.06. The number of aryl methyl sites for hydroxylation is 2. The fourth-order valence-electron chi connectivity index (χ4n) is 2.91. The second kappa shape index (κ2) is 9.06. The Morgan fingerprint density at radius 2 is 1.94 bits per heavy atom. The first-order valence-corrected chi connectivity index (χ1v) is 10.1. The molecule has 7 nitrogen and oxygen atoms in total. The van der Waals surface area contributed by atoms with Gasteiger partial charge in [0.2, 0.25) is 5.95 Å². The topological polar surface area (TPSA) is 82.2 Å². The molecule has 0 spiro atoms. The van der Waals surface area contributed by atoms with Gasteiger partial charge in [0.25, 0.3) is 5.91 Å². The summed E-state index contributed by atoms with van der Waals surface area (Å²) in [5.74, 6) is 1.13. The van der Waals surface area contributed by atoms with Crippen molar-refractivity contribution in [3.05, 3.63) is 94.2 Å². The summed E-state index contributed by atoms with van der Waals surface area (Å²) in [7, 11) is 0. The van der Waals surface area contributed by atoms with Crippen LogP contribution in [0.25, 0.3) is 0 Å². The largest absolute Gasteiger partial charge is 0.486 e.